The topological polar surface area (TPSA) is 67.4 Å². The van der Waals surface area contributed by atoms with Gasteiger partial charge in [0, 0.05) is 17.6 Å². The monoisotopic (exact) mass is 322 g/mol. The number of benzene rings is 1. The third kappa shape index (κ3) is 3.95. The van der Waals surface area contributed by atoms with Gasteiger partial charge in [-0.25, -0.2) is 13.1 Å². The first-order valence-corrected chi connectivity index (χ1v) is 7.26. The lowest BCUT2D eigenvalue weighted by Crippen LogP contribution is -2.30. The fourth-order valence-electron chi connectivity index (χ4n) is 1.21. The molecule has 0 saturated carbocycles. The third-order valence-corrected chi connectivity index (χ3v) is 4.53. The molecule has 1 rings (SSSR count). The molecule has 17 heavy (non-hydrogen) atoms. The molecule has 0 spiro atoms. The molecule has 7 heteroatoms. The van der Waals surface area contributed by atoms with E-state index in [9.17, 15) is 8.42 Å². The summed E-state index contributed by atoms with van der Waals surface area (Å²) in [6.07, 6.45) is 0. The highest BCUT2D eigenvalue weighted by molar-refractivity contribution is 9.10. The highest BCUT2D eigenvalue weighted by atomic mass is 79.9. The molecule has 0 heterocycles. The SMILES string of the molecule is CNCCNS(=O)(=O)c1ccc(OC)cc1Br. The van der Waals surface area contributed by atoms with E-state index in [0.29, 0.717) is 23.3 Å². The molecular weight excluding hydrogens is 308 g/mol. The zero-order chi connectivity index (χ0) is 12.9. The summed E-state index contributed by atoms with van der Waals surface area (Å²) in [5.74, 6) is 0.603. The number of ether oxygens (including phenoxy) is 1. The van der Waals surface area contributed by atoms with E-state index in [0.717, 1.165) is 0 Å². The Morgan fingerprint density at radius 3 is 2.59 bits per heavy atom. The van der Waals surface area contributed by atoms with Crippen molar-refractivity contribution in [1.82, 2.24) is 10.0 Å². The molecular formula is C10H15BrN2O3S. The minimum absolute atomic E-state index is 0.203. The van der Waals surface area contributed by atoms with Crippen molar-refractivity contribution in [2.24, 2.45) is 0 Å². The molecule has 0 unspecified atom stereocenters. The van der Waals surface area contributed by atoms with Gasteiger partial charge in [-0.15, -0.1) is 0 Å². The second-order valence-corrected chi connectivity index (χ2v) is 5.89. The van der Waals surface area contributed by atoms with Gasteiger partial charge in [0.2, 0.25) is 10.0 Å². The summed E-state index contributed by atoms with van der Waals surface area (Å²) in [5.41, 5.74) is 0. The number of nitrogens with one attached hydrogen (secondary N) is 2. The average Bonchev–Trinajstić information content (AvgIpc) is 2.28. The molecule has 0 aliphatic carbocycles. The van der Waals surface area contributed by atoms with Crippen LogP contribution in [-0.2, 0) is 10.0 Å². The minimum atomic E-state index is -3.48. The summed E-state index contributed by atoms with van der Waals surface area (Å²) in [6.45, 7) is 0.921. The second-order valence-electron chi connectivity index (χ2n) is 3.30. The molecule has 0 aromatic heterocycles. The standard InChI is InChI=1S/C10H15BrN2O3S/c1-12-5-6-13-17(14,15)10-4-3-8(16-2)7-9(10)11/h3-4,7,12-13H,5-6H2,1-2H3. The first kappa shape index (κ1) is 14.4. The zero-order valence-corrected chi connectivity index (χ0v) is 12.1. The van der Waals surface area contributed by atoms with Crippen molar-refractivity contribution in [3.8, 4) is 5.75 Å². The Morgan fingerprint density at radius 1 is 1.35 bits per heavy atom. The number of likely N-dealkylation sites (N-methyl/N-ethyl adjacent to an activating group) is 1. The van der Waals surface area contributed by atoms with Gasteiger partial charge in [-0.1, -0.05) is 0 Å². The Balaban J connectivity index is 2.91. The van der Waals surface area contributed by atoms with Crippen molar-refractivity contribution < 1.29 is 13.2 Å². The summed E-state index contributed by atoms with van der Waals surface area (Å²) < 4.78 is 31.8. The van der Waals surface area contributed by atoms with Crippen molar-refractivity contribution >= 4 is 26.0 Å². The summed E-state index contributed by atoms with van der Waals surface area (Å²) in [7, 11) is -0.190. The number of methoxy groups -OCH3 is 1. The average molecular weight is 323 g/mol. The van der Waals surface area contributed by atoms with Gasteiger partial charge >= 0.3 is 0 Å². The molecule has 0 atom stereocenters. The summed E-state index contributed by atoms with van der Waals surface area (Å²) in [4.78, 5) is 0.203. The molecule has 0 fully saturated rings. The molecule has 96 valence electrons. The van der Waals surface area contributed by atoms with E-state index in [2.05, 4.69) is 26.0 Å². The van der Waals surface area contributed by atoms with Crippen LogP contribution in [0.3, 0.4) is 0 Å². The quantitative estimate of drug-likeness (QED) is 0.765. The summed E-state index contributed by atoms with van der Waals surface area (Å²) in [6, 6.07) is 4.73. The lowest BCUT2D eigenvalue weighted by atomic mass is 10.3. The van der Waals surface area contributed by atoms with Crippen LogP contribution in [0.15, 0.2) is 27.6 Å². The van der Waals surface area contributed by atoms with Gasteiger partial charge in [0.25, 0.3) is 0 Å². The Kier molecular flexibility index (Phi) is 5.38. The van der Waals surface area contributed by atoms with E-state index in [1.54, 1.807) is 19.2 Å². The van der Waals surface area contributed by atoms with Gasteiger partial charge in [0.1, 0.15) is 5.75 Å². The first-order valence-electron chi connectivity index (χ1n) is 4.99. The van der Waals surface area contributed by atoms with E-state index in [-0.39, 0.29) is 4.90 Å². The number of rotatable bonds is 6. The van der Waals surface area contributed by atoms with Gasteiger partial charge in [-0.2, -0.15) is 0 Å². The smallest absolute Gasteiger partial charge is 0.241 e. The molecule has 5 nitrogen and oxygen atoms in total. The van der Waals surface area contributed by atoms with Crippen molar-refractivity contribution in [1.29, 1.82) is 0 Å². The highest BCUT2D eigenvalue weighted by Gasteiger charge is 2.17. The molecule has 0 amide bonds. The first-order chi connectivity index (χ1) is 8.01. The van der Waals surface area contributed by atoms with Crippen LogP contribution < -0.4 is 14.8 Å². The van der Waals surface area contributed by atoms with Gasteiger partial charge in [0.15, 0.2) is 0 Å². The number of hydrogen-bond donors (Lipinski definition) is 2. The van der Waals surface area contributed by atoms with Crippen molar-refractivity contribution in [2.45, 2.75) is 4.90 Å². The fraction of sp³-hybridized carbons (Fsp3) is 0.400. The predicted octanol–water partition coefficient (Wildman–Crippen LogP) is 0.955. The maximum absolute atomic E-state index is 11.9. The predicted molar refractivity (Wildman–Crippen MR) is 69.8 cm³/mol. The van der Waals surface area contributed by atoms with Crippen LogP contribution in [0.25, 0.3) is 0 Å². The Bertz CT molecular complexity index is 476. The molecule has 0 radical (unpaired) electrons. The third-order valence-electron chi connectivity index (χ3n) is 2.10. The fourth-order valence-corrected chi connectivity index (χ4v) is 3.30. The van der Waals surface area contributed by atoms with Gasteiger partial charge < -0.3 is 10.1 Å². The normalized spacial score (nSPS) is 11.5. The maximum Gasteiger partial charge on any atom is 0.241 e. The van der Waals surface area contributed by atoms with E-state index >= 15 is 0 Å². The minimum Gasteiger partial charge on any atom is -0.497 e. The molecule has 0 saturated heterocycles. The van der Waals surface area contributed by atoms with Crippen LogP contribution in [0.5, 0.6) is 5.75 Å². The molecule has 0 bridgehead atoms. The van der Waals surface area contributed by atoms with Crippen LogP contribution in [0.4, 0.5) is 0 Å². The molecule has 1 aromatic carbocycles. The van der Waals surface area contributed by atoms with Crippen LogP contribution >= 0.6 is 15.9 Å². The second kappa shape index (κ2) is 6.34. The molecule has 1 aromatic rings. The Labute approximate surface area is 110 Å². The Morgan fingerprint density at radius 2 is 2.06 bits per heavy atom. The molecule has 2 N–H and O–H groups in total. The van der Waals surface area contributed by atoms with Crippen LogP contribution in [-0.4, -0.2) is 35.7 Å². The summed E-state index contributed by atoms with van der Waals surface area (Å²) in [5, 5.41) is 2.87. The van der Waals surface area contributed by atoms with Crippen molar-refractivity contribution in [3.63, 3.8) is 0 Å². The van der Waals surface area contributed by atoms with Gasteiger partial charge in [-0.3, -0.25) is 0 Å². The number of hydrogen-bond acceptors (Lipinski definition) is 4. The van der Waals surface area contributed by atoms with E-state index in [1.807, 2.05) is 0 Å². The number of halogens is 1. The largest absolute Gasteiger partial charge is 0.497 e. The van der Waals surface area contributed by atoms with Crippen LogP contribution in [0.2, 0.25) is 0 Å². The number of sulfonamides is 1. The zero-order valence-electron chi connectivity index (χ0n) is 9.66. The van der Waals surface area contributed by atoms with E-state index in [1.165, 1.54) is 13.2 Å². The van der Waals surface area contributed by atoms with Crippen molar-refractivity contribution in [3.05, 3.63) is 22.7 Å². The van der Waals surface area contributed by atoms with Crippen LogP contribution in [0.1, 0.15) is 0 Å². The molecule has 0 aliphatic rings. The van der Waals surface area contributed by atoms with E-state index in [4.69, 9.17) is 4.74 Å². The van der Waals surface area contributed by atoms with Crippen molar-refractivity contribution in [2.75, 3.05) is 27.2 Å². The van der Waals surface area contributed by atoms with Crippen LogP contribution in [0, 0.1) is 0 Å². The summed E-state index contributed by atoms with van der Waals surface area (Å²) >= 11 is 3.22. The lowest BCUT2D eigenvalue weighted by molar-refractivity contribution is 0.414. The van der Waals surface area contributed by atoms with Gasteiger partial charge in [-0.05, 0) is 41.2 Å². The van der Waals surface area contributed by atoms with E-state index < -0.39 is 10.0 Å². The molecule has 0 aliphatic heterocycles. The maximum atomic E-state index is 11.9. The highest BCUT2D eigenvalue weighted by Crippen LogP contribution is 2.26. The van der Waals surface area contributed by atoms with Gasteiger partial charge in [0.05, 0.1) is 12.0 Å². The lowest BCUT2D eigenvalue weighted by Gasteiger charge is -2.09. The Hall–Kier alpha value is -0.630.